The molecule has 0 saturated carbocycles. The third-order valence-electron chi connectivity index (χ3n) is 6.20. The van der Waals surface area contributed by atoms with Gasteiger partial charge in [-0.3, -0.25) is 4.79 Å². The van der Waals surface area contributed by atoms with Crippen LogP contribution in [0.2, 0.25) is 0 Å². The molecule has 4 rings (SSSR count). The molecule has 1 saturated heterocycles. The zero-order valence-corrected chi connectivity index (χ0v) is 19.0. The van der Waals surface area contributed by atoms with Crippen LogP contribution in [0.25, 0.3) is 0 Å². The van der Waals surface area contributed by atoms with Gasteiger partial charge < -0.3 is 9.64 Å². The molecular weight excluding hydrogens is 420 g/mol. The van der Waals surface area contributed by atoms with E-state index in [9.17, 15) is 13.2 Å². The maximum atomic E-state index is 13.4. The van der Waals surface area contributed by atoms with Gasteiger partial charge in [0.25, 0.3) is 0 Å². The molecule has 0 radical (unpaired) electrons. The highest BCUT2D eigenvalue weighted by atomic mass is 32.2. The number of methoxy groups -OCH3 is 1. The lowest BCUT2D eigenvalue weighted by Gasteiger charge is -2.40. The van der Waals surface area contributed by atoms with Crippen molar-refractivity contribution in [3.05, 3.63) is 46.2 Å². The molecule has 2 aliphatic rings. The Bertz CT molecular complexity index is 1000. The monoisotopic (exact) mass is 448 g/mol. The highest BCUT2D eigenvalue weighted by molar-refractivity contribution is 7.89. The maximum Gasteiger partial charge on any atom is 0.243 e. The van der Waals surface area contributed by atoms with Gasteiger partial charge in [0.15, 0.2) is 0 Å². The Kier molecular flexibility index (Phi) is 6.18. The number of hydrogen-bond acceptors (Lipinski definition) is 5. The number of rotatable bonds is 5. The quantitative estimate of drug-likeness (QED) is 0.700. The van der Waals surface area contributed by atoms with Gasteiger partial charge in [-0.1, -0.05) is 6.92 Å². The van der Waals surface area contributed by atoms with E-state index in [1.54, 1.807) is 42.7 Å². The van der Waals surface area contributed by atoms with E-state index in [0.717, 1.165) is 19.3 Å². The van der Waals surface area contributed by atoms with Gasteiger partial charge in [0, 0.05) is 24.5 Å². The number of benzene rings is 1. The Balaban J connectivity index is 1.51. The zero-order chi connectivity index (χ0) is 21.3. The first-order valence-corrected chi connectivity index (χ1v) is 12.8. The van der Waals surface area contributed by atoms with Crippen molar-refractivity contribution in [2.24, 2.45) is 5.92 Å². The Labute approximate surface area is 182 Å². The zero-order valence-electron chi connectivity index (χ0n) is 17.4. The highest BCUT2D eigenvalue weighted by Gasteiger charge is 2.38. The average Bonchev–Trinajstić information content (AvgIpc) is 3.27. The predicted octanol–water partition coefficient (Wildman–Crippen LogP) is 3.69. The van der Waals surface area contributed by atoms with Gasteiger partial charge in [0.05, 0.1) is 24.0 Å². The van der Waals surface area contributed by atoms with Crippen molar-refractivity contribution < 1.29 is 17.9 Å². The van der Waals surface area contributed by atoms with Gasteiger partial charge in [-0.25, -0.2) is 8.42 Å². The molecule has 2 aliphatic heterocycles. The number of nitrogens with zero attached hydrogens (tertiary/aromatic N) is 2. The molecule has 6 nitrogen and oxygen atoms in total. The summed E-state index contributed by atoms with van der Waals surface area (Å²) in [6, 6.07) is 8.66. The summed E-state index contributed by atoms with van der Waals surface area (Å²) in [5, 5.41) is 2.10. The molecule has 0 spiro atoms. The number of carbonyl (C=O) groups is 1. The van der Waals surface area contributed by atoms with Gasteiger partial charge in [-0.05, 0) is 67.0 Å². The van der Waals surface area contributed by atoms with Crippen LogP contribution < -0.4 is 4.74 Å². The van der Waals surface area contributed by atoms with E-state index >= 15 is 0 Å². The normalized spacial score (nSPS) is 22.5. The molecule has 2 atom stereocenters. The van der Waals surface area contributed by atoms with Crippen LogP contribution in [0.5, 0.6) is 5.75 Å². The predicted molar refractivity (Wildman–Crippen MR) is 117 cm³/mol. The van der Waals surface area contributed by atoms with Crippen molar-refractivity contribution in [1.29, 1.82) is 0 Å². The Hall–Kier alpha value is -1.90. The van der Waals surface area contributed by atoms with Crippen molar-refractivity contribution in [2.75, 3.05) is 26.7 Å². The highest BCUT2D eigenvalue weighted by Crippen LogP contribution is 2.37. The number of hydrogen-bond donors (Lipinski definition) is 0. The van der Waals surface area contributed by atoms with Crippen molar-refractivity contribution in [3.63, 3.8) is 0 Å². The number of thiophene rings is 1. The molecule has 30 heavy (non-hydrogen) atoms. The molecule has 1 aromatic carbocycles. The van der Waals surface area contributed by atoms with Gasteiger partial charge in [0.2, 0.25) is 15.9 Å². The summed E-state index contributed by atoms with van der Waals surface area (Å²) in [7, 11) is -2.09. The summed E-state index contributed by atoms with van der Waals surface area (Å²) in [4.78, 5) is 17.0. The van der Waals surface area contributed by atoms with Crippen LogP contribution in [0.15, 0.2) is 40.6 Å². The van der Waals surface area contributed by atoms with Gasteiger partial charge >= 0.3 is 0 Å². The molecule has 0 bridgehead atoms. The second-order valence-corrected chi connectivity index (χ2v) is 10.8. The van der Waals surface area contributed by atoms with E-state index in [1.165, 1.54) is 14.7 Å². The third kappa shape index (κ3) is 3.88. The number of carbonyl (C=O) groups excluding carboxylic acids is 1. The first-order chi connectivity index (χ1) is 14.5. The van der Waals surface area contributed by atoms with Crippen LogP contribution in [-0.4, -0.2) is 50.3 Å². The minimum absolute atomic E-state index is 0.0910. The van der Waals surface area contributed by atoms with E-state index in [2.05, 4.69) is 18.4 Å². The van der Waals surface area contributed by atoms with Gasteiger partial charge in [-0.15, -0.1) is 11.3 Å². The lowest BCUT2D eigenvalue weighted by molar-refractivity contribution is -0.139. The smallest absolute Gasteiger partial charge is 0.243 e. The molecule has 0 N–H and O–H groups in total. The molecule has 0 aliphatic carbocycles. The van der Waals surface area contributed by atoms with Crippen molar-refractivity contribution in [3.8, 4) is 5.75 Å². The lowest BCUT2D eigenvalue weighted by atomic mass is 9.93. The van der Waals surface area contributed by atoms with E-state index < -0.39 is 10.0 Å². The maximum absolute atomic E-state index is 13.4. The standard InChI is InChI=1S/C22H28N2O4S2/c1-3-20-19-11-14-29-21(19)10-13-24(20)22(25)16-5-4-12-23(15-16)30(26,27)18-8-6-17(28-2)7-9-18/h6-9,11,14,16,20H,3-5,10,12-13,15H2,1-2H3. The second-order valence-electron chi connectivity index (χ2n) is 7.88. The summed E-state index contributed by atoms with van der Waals surface area (Å²) < 4.78 is 32.9. The molecule has 8 heteroatoms. The van der Waals surface area contributed by atoms with Crippen LogP contribution in [-0.2, 0) is 21.2 Å². The second kappa shape index (κ2) is 8.69. The van der Waals surface area contributed by atoms with E-state index in [-0.39, 0.29) is 29.3 Å². The third-order valence-corrected chi connectivity index (χ3v) is 9.07. The fourth-order valence-corrected chi connectivity index (χ4v) is 7.05. The molecule has 2 aromatic rings. The summed E-state index contributed by atoms with van der Waals surface area (Å²) in [5.41, 5.74) is 1.26. The topological polar surface area (TPSA) is 66.9 Å². The summed E-state index contributed by atoms with van der Waals surface area (Å²) in [6.45, 7) is 3.52. The first-order valence-electron chi connectivity index (χ1n) is 10.5. The van der Waals surface area contributed by atoms with Crippen LogP contribution in [0.1, 0.15) is 42.7 Å². The fraction of sp³-hybridized carbons (Fsp3) is 0.500. The van der Waals surface area contributed by atoms with Crippen molar-refractivity contribution in [1.82, 2.24) is 9.21 Å². The fourth-order valence-electron chi connectivity index (χ4n) is 4.59. The van der Waals surface area contributed by atoms with Crippen LogP contribution in [0.3, 0.4) is 0 Å². The molecule has 3 heterocycles. The summed E-state index contributed by atoms with van der Waals surface area (Å²) >= 11 is 1.76. The van der Waals surface area contributed by atoms with Gasteiger partial charge in [0.1, 0.15) is 5.75 Å². The van der Waals surface area contributed by atoms with Crippen LogP contribution in [0.4, 0.5) is 0 Å². The number of piperidine rings is 1. The first kappa shape index (κ1) is 21.3. The number of sulfonamides is 1. The van der Waals surface area contributed by atoms with Crippen LogP contribution >= 0.6 is 11.3 Å². The summed E-state index contributed by atoms with van der Waals surface area (Å²) in [5.74, 6) is 0.415. The van der Waals surface area contributed by atoms with Crippen molar-refractivity contribution in [2.45, 2.75) is 43.5 Å². The molecule has 1 aromatic heterocycles. The molecule has 2 unspecified atom stereocenters. The molecular formula is C22H28N2O4S2. The largest absolute Gasteiger partial charge is 0.497 e. The Morgan fingerprint density at radius 2 is 1.97 bits per heavy atom. The number of fused-ring (bicyclic) bond motifs is 1. The Morgan fingerprint density at radius 3 is 2.67 bits per heavy atom. The Morgan fingerprint density at radius 1 is 1.20 bits per heavy atom. The molecule has 1 fully saturated rings. The minimum Gasteiger partial charge on any atom is -0.497 e. The van der Waals surface area contributed by atoms with E-state index in [1.807, 2.05) is 4.90 Å². The minimum atomic E-state index is -3.63. The molecule has 162 valence electrons. The average molecular weight is 449 g/mol. The van der Waals surface area contributed by atoms with Gasteiger partial charge in [-0.2, -0.15) is 4.31 Å². The lowest BCUT2D eigenvalue weighted by Crippen LogP contribution is -2.49. The van der Waals surface area contributed by atoms with E-state index in [0.29, 0.717) is 25.3 Å². The van der Waals surface area contributed by atoms with Crippen molar-refractivity contribution >= 4 is 27.3 Å². The number of ether oxygens (including phenoxy) is 1. The SMILES string of the molecule is CCC1c2ccsc2CCN1C(=O)C1CCCN(S(=O)(=O)c2ccc(OC)cc2)C1. The summed E-state index contributed by atoms with van der Waals surface area (Å²) in [6.07, 6.45) is 3.18. The number of amides is 1. The molecule has 1 amide bonds. The van der Waals surface area contributed by atoms with E-state index in [4.69, 9.17) is 4.74 Å². The van der Waals surface area contributed by atoms with Crippen LogP contribution in [0, 0.1) is 5.92 Å².